The van der Waals surface area contributed by atoms with Gasteiger partial charge in [0, 0.05) is 17.1 Å². The first-order valence-corrected chi connectivity index (χ1v) is 8.40. The lowest BCUT2D eigenvalue weighted by Crippen LogP contribution is -2.30. The molecule has 0 radical (unpaired) electrons. The molecule has 0 atom stereocenters. The fourth-order valence-electron chi connectivity index (χ4n) is 2.00. The van der Waals surface area contributed by atoms with Gasteiger partial charge in [-0.1, -0.05) is 15.9 Å². The Labute approximate surface area is 154 Å². The van der Waals surface area contributed by atoms with Gasteiger partial charge in [0.05, 0.1) is 6.54 Å². The van der Waals surface area contributed by atoms with E-state index in [1.165, 1.54) is 0 Å². The third-order valence-electron chi connectivity index (χ3n) is 3.34. The molecule has 2 rings (SSSR count). The highest BCUT2D eigenvalue weighted by Gasteiger charge is 2.12. The van der Waals surface area contributed by atoms with Crippen molar-refractivity contribution in [2.75, 3.05) is 26.8 Å². The van der Waals surface area contributed by atoms with Gasteiger partial charge in [0.2, 0.25) is 0 Å². The third kappa shape index (κ3) is 6.11. The molecule has 0 heterocycles. The van der Waals surface area contributed by atoms with Crippen LogP contribution < -0.4 is 15.2 Å². The Hall–Kier alpha value is -2.54. The molecule has 0 fully saturated rings. The lowest BCUT2D eigenvalue weighted by molar-refractivity contribution is -0.119. The summed E-state index contributed by atoms with van der Waals surface area (Å²) in [7, 11) is 1.71. The van der Waals surface area contributed by atoms with E-state index in [0.717, 1.165) is 10.2 Å². The molecule has 2 aromatic rings. The lowest BCUT2D eigenvalue weighted by Gasteiger charge is -2.18. The van der Waals surface area contributed by atoms with E-state index in [0.29, 0.717) is 24.5 Å². The number of likely N-dealkylation sites (N-methyl/N-ethyl adjacent to an activating group) is 1. The predicted octanol–water partition coefficient (Wildman–Crippen LogP) is 2.46. The number of carbonyl (C=O) groups excluding carboxylic acids is 2. The zero-order valence-corrected chi connectivity index (χ0v) is 15.4. The normalized spacial score (nSPS) is 10.2. The summed E-state index contributed by atoms with van der Waals surface area (Å²) in [5, 5.41) is 0. The van der Waals surface area contributed by atoms with Crippen molar-refractivity contribution in [1.82, 2.24) is 4.90 Å². The van der Waals surface area contributed by atoms with Gasteiger partial charge in [-0.25, -0.2) is 0 Å². The number of primary amides is 1. The molecule has 0 aliphatic heterocycles. The average Bonchev–Trinajstić information content (AvgIpc) is 2.61. The maximum atomic E-state index is 12.4. The van der Waals surface area contributed by atoms with E-state index in [9.17, 15) is 9.59 Å². The van der Waals surface area contributed by atoms with Gasteiger partial charge >= 0.3 is 0 Å². The van der Waals surface area contributed by atoms with Crippen LogP contribution in [0, 0.1) is 0 Å². The van der Waals surface area contributed by atoms with Crippen LogP contribution in [0.5, 0.6) is 11.5 Å². The van der Waals surface area contributed by atoms with Crippen LogP contribution in [0.1, 0.15) is 10.4 Å². The van der Waals surface area contributed by atoms with Crippen LogP contribution >= 0.6 is 15.9 Å². The Balaban J connectivity index is 1.82. The SMILES string of the molecule is CN(CCOc1ccc(Br)cc1)C(=O)c1ccc(OCC(N)=O)cc1. The van der Waals surface area contributed by atoms with Crippen LogP contribution in [-0.4, -0.2) is 43.5 Å². The molecular weight excluding hydrogens is 388 g/mol. The standard InChI is InChI=1S/C18H19BrN2O4/c1-21(10-11-24-15-8-4-14(19)5-9-15)18(23)13-2-6-16(7-3-13)25-12-17(20)22/h2-9H,10-12H2,1H3,(H2,20,22). The van der Waals surface area contributed by atoms with E-state index in [2.05, 4.69) is 15.9 Å². The number of ether oxygens (including phenoxy) is 2. The summed E-state index contributed by atoms with van der Waals surface area (Å²) in [4.78, 5) is 24.6. The molecule has 0 aliphatic rings. The molecule has 0 unspecified atom stereocenters. The summed E-state index contributed by atoms with van der Waals surface area (Å²) >= 11 is 3.36. The van der Waals surface area contributed by atoms with Crippen molar-refractivity contribution < 1.29 is 19.1 Å². The first kappa shape index (κ1) is 18.8. The molecule has 0 saturated heterocycles. The quantitative estimate of drug-likeness (QED) is 0.729. The highest BCUT2D eigenvalue weighted by molar-refractivity contribution is 9.10. The van der Waals surface area contributed by atoms with Crippen molar-refractivity contribution in [2.24, 2.45) is 5.73 Å². The molecule has 0 aromatic heterocycles. The van der Waals surface area contributed by atoms with E-state index in [4.69, 9.17) is 15.2 Å². The van der Waals surface area contributed by atoms with Gasteiger partial charge in [0.1, 0.15) is 18.1 Å². The minimum atomic E-state index is -0.550. The summed E-state index contributed by atoms with van der Waals surface area (Å²) in [5.74, 6) is 0.558. The van der Waals surface area contributed by atoms with Crippen LogP contribution in [0.15, 0.2) is 53.0 Å². The fourth-order valence-corrected chi connectivity index (χ4v) is 2.27. The summed E-state index contributed by atoms with van der Waals surface area (Å²) in [6.45, 7) is 0.652. The lowest BCUT2D eigenvalue weighted by atomic mass is 10.2. The Morgan fingerprint density at radius 2 is 1.56 bits per heavy atom. The van der Waals surface area contributed by atoms with Crippen molar-refractivity contribution in [2.45, 2.75) is 0 Å². The number of halogens is 1. The molecule has 132 valence electrons. The van der Waals surface area contributed by atoms with Crippen molar-refractivity contribution in [1.29, 1.82) is 0 Å². The van der Waals surface area contributed by atoms with E-state index < -0.39 is 5.91 Å². The van der Waals surface area contributed by atoms with Gasteiger partial charge in [-0.2, -0.15) is 0 Å². The van der Waals surface area contributed by atoms with E-state index in [-0.39, 0.29) is 12.5 Å². The second-order valence-corrected chi connectivity index (χ2v) is 6.22. The number of benzene rings is 2. The summed E-state index contributed by atoms with van der Waals surface area (Å²) in [6.07, 6.45) is 0. The zero-order chi connectivity index (χ0) is 18.2. The molecule has 7 heteroatoms. The number of rotatable bonds is 8. The van der Waals surface area contributed by atoms with Gasteiger partial charge < -0.3 is 20.1 Å². The largest absolute Gasteiger partial charge is 0.492 e. The highest BCUT2D eigenvalue weighted by atomic mass is 79.9. The fraction of sp³-hybridized carbons (Fsp3) is 0.222. The second kappa shape index (κ2) is 9.08. The molecule has 6 nitrogen and oxygen atoms in total. The first-order valence-electron chi connectivity index (χ1n) is 7.60. The maximum absolute atomic E-state index is 12.4. The zero-order valence-electron chi connectivity index (χ0n) is 13.8. The number of nitrogens with zero attached hydrogens (tertiary/aromatic N) is 1. The smallest absolute Gasteiger partial charge is 0.255 e. The van der Waals surface area contributed by atoms with Crippen LogP contribution in [0.2, 0.25) is 0 Å². The van der Waals surface area contributed by atoms with Crippen LogP contribution in [0.25, 0.3) is 0 Å². The number of carbonyl (C=O) groups is 2. The first-order chi connectivity index (χ1) is 12.0. The van der Waals surface area contributed by atoms with E-state index in [1.54, 1.807) is 36.2 Å². The Morgan fingerprint density at radius 3 is 2.16 bits per heavy atom. The average molecular weight is 407 g/mol. The Morgan fingerprint density at radius 1 is 1.00 bits per heavy atom. The molecule has 25 heavy (non-hydrogen) atoms. The number of hydrogen-bond donors (Lipinski definition) is 1. The highest BCUT2D eigenvalue weighted by Crippen LogP contribution is 2.16. The molecule has 0 spiro atoms. The number of nitrogens with two attached hydrogens (primary N) is 1. The van der Waals surface area contributed by atoms with Crippen molar-refractivity contribution in [3.63, 3.8) is 0 Å². The van der Waals surface area contributed by atoms with Gasteiger partial charge in [-0.3, -0.25) is 9.59 Å². The summed E-state index contributed by atoms with van der Waals surface area (Å²) in [6, 6.07) is 14.0. The summed E-state index contributed by atoms with van der Waals surface area (Å²) in [5.41, 5.74) is 5.54. The monoisotopic (exact) mass is 406 g/mol. The minimum absolute atomic E-state index is 0.124. The molecule has 2 aromatic carbocycles. The van der Waals surface area contributed by atoms with Gasteiger partial charge in [-0.15, -0.1) is 0 Å². The molecule has 2 amide bonds. The van der Waals surface area contributed by atoms with Gasteiger partial charge in [0.15, 0.2) is 6.61 Å². The predicted molar refractivity (Wildman–Crippen MR) is 97.7 cm³/mol. The third-order valence-corrected chi connectivity index (χ3v) is 3.87. The van der Waals surface area contributed by atoms with Crippen LogP contribution in [-0.2, 0) is 4.79 Å². The van der Waals surface area contributed by atoms with Crippen molar-refractivity contribution in [3.8, 4) is 11.5 Å². The molecule has 2 N–H and O–H groups in total. The molecule has 0 aliphatic carbocycles. The Bertz CT molecular complexity index is 717. The minimum Gasteiger partial charge on any atom is -0.492 e. The Kier molecular flexibility index (Phi) is 6.82. The van der Waals surface area contributed by atoms with E-state index >= 15 is 0 Å². The van der Waals surface area contributed by atoms with Crippen LogP contribution in [0.3, 0.4) is 0 Å². The number of hydrogen-bond acceptors (Lipinski definition) is 4. The summed E-state index contributed by atoms with van der Waals surface area (Å²) < 4.78 is 11.8. The van der Waals surface area contributed by atoms with Crippen LogP contribution in [0.4, 0.5) is 0 Å². The van der Waals surface area contributed by atoms with Gasteiger partial charge in [-0.05, 0) is 48.5 Å². The molecular formula is C18H19BrN2O4. The topological polar surface area (TPSA) is 81.9 Å². The number of amides is 2. The van der Waals surface area contributed by atoms with Crippen molar-refractivity contribution in [3.05, 3.63) is 58.6 Å². The molecule has 0 saturated carbocycles. The second-order valence-electron chi connectivity index (χ2n) is 5.31. The van der Waals surface area contributed by atoms with E-state index in [1.807, 2.05) is 24.3 Å². The van der Waals surface area contributed by atoms with Crippen molar-refractivity contribution >= 4 is 27.7 Å². The maximum Gasteiger partial charge on any atom is 0.255 e. The van der Waals surface area contributed by atoms with Gasteiger partial charge in [0.25, 0.3) is 11.8 Å². The molecule has 0 bridgehead atoms.